The summed E-state index contributed by atoms with van der Waals surface area (Å²) in [5.74, 6) is 0.861. The smallest absolute Gasteiger partial charge is 0.414 e. The summed E-state index contributed by atoms with van der Waals surface area (Å²) in [5, 5.41) is 0.829. The van der Waals surface area contributed by atoms with E-state index >= 15 is 0 Å². The van der Waals surface area contributed by atoms with Gasteiger partial charge in [0.1, 0.15) is 22.3 Å². The Kier molecular flexibility index (Phi) is 12.2. The molecule has 3 aliphatic rings. The number of piperidine rings is 3. The number of aromatic nitrogens is 1. The zero-order valence-corrected chi connectivity index (χ0v) is 29.7. The first-order chi connectivity index (χ1) is 23.7. The van der Waals surface area contributed by atoms with Gasteiger partial charge in [-0.15, -0.1) is 0 Å². The molecule has 2 bridgehead atoms. The number of pyridine rings is 1. The molecule has 7 rings (SSSR count). The molecular formula is C38H41Cl2N3O7. The van der Waals surface area contributed by atoms with Gasteiger partial charge in [0.25, 0.3) is 0 Å². The first kappa shape index (κ1) is 36.9. The van der Waals surface area contributed by atoms with Crippen molar-refractivity contribution in [3.05, 3.63) is 117 Å². The SMILES string of the molecule is COc1ccc([C@H](Cc2c(Cl)c[nH+]cc2Cl)OC(=O)c2cccc(CN(C(=O)O[C@H]3CN4CCC3CC4)c3cccc(C)c3)c2)cc1OC.[OH-]. The molecule has 4 aromatic rings. The molecule has 0 unspecified atom stereocenters. The summed E-state index contributed by atoms with van der Waals surface area (Å²) in [6.45, 7) is 5.06. The normalized spacial score (nSPS) is 18.4. The summed E-state index contributed by atoms with van der Waals surface area (Å²) in [6, 6.07) is 20.2. The number of hydrogen-bond acceptors (Lipinski definition) is 8. The fourth-order valence-corrected chi connectivity index (χ4v) is 7.14. The van der Waals surface area contributed by atoms with E-state index in [9.17, 15) is 9.59 Å². The van der Waals surface area contributed by atoms with Crippen LogP contribution in [-0.4, -0.2) is 62.4 Å². The van der Waals surface area contributed by atoms with E-state index in [0.717, 1.165) is 49.3 Å². The zero-order valence-electron chi connectivity index (χ0n) is 28.2. The Morgan fingerprint density at radius 1 is 0.940 bits per heavy atom. The van der Waals surface area contributed by atoms with Crippen molar-refractivity contribution >= 4 is 41.0 Å². The van der Waals surface area contributed by atoms with Crippen molar-refractivity contribution < 1.29 is 39.0 Å². The minimum absolute atomic E-state index is 0. The van der Waals surface area contributed by atoms with Crippen LogP contribution < -0.4 is 19.4 Å². The van der Waals surface area contributed by atoms with E-state index in [4.69, 9.17) is 42.1 Å². The van der Waals surface area contributed by atoms with Crippen LogP contribution in [0.15, 0.2) is 79.1 Å². The number of methoxy groups -OCH3 is 2. The van der Waals surface area contributed by atoms with E-state index in [-0.39, 0.29) is 24.5 Å². The van der Waals surface area contributed by atoms with Crippen LogP contribution in [0.4, 0.5) is 10.5 Å². The Morgan fingerprint density at radius 3 is 2.32 bits per heavy atom. The monoisotopic (exact) mass is 721 g/mol. The van der Waals surface area contributed by atoms with Crippen LogP contribution in [0.1, 0.15) is 51.6 Å². The van der Waals surface area contributed by atoms with Gasteiger partial charge in [-0.25, -0.2) is 14.6 Å². The number of ether oxygens (including phenoxy) is 4. The van der Waals surface area contributed by atoms with Crippen LogP contribution >= 0.6 is 23.2 Å². The van der Waals surface area contributed by atoms with E-state index in [1.807, 2.05) is 43.3 Å². The molecule has 3 aromatic carbocycles. The first-order valence-electron chi connectivity index (χ1n) is 16.4. The van der Waals surface area contributed by atoms with Gasteiger partial charge in [0.2, 0.25) is 0 Å². The number of halogens is 2. The number of nitrogens with zero attached hydrogens (tertiary/aromatic N) is 2. The van der Waals surface area contributed by atoms with E-state index in [1.54, 1.807) is 61.8 Å². The van der Waals surface area contributed by atoms with Crippen LogP contribution in [0.3, 0.4) is 0 Å². The molecule has 3 fully saturated rings. The van der Waals surface area contributed by atoms with Crippen molar-refractivity contribution in [2.24, 2.45) is 5.92 Å². The summed E-state index contributed by atoms with van der Waals surface area (Å²) >= 11 is 13.0. The van der Waals surface area contributed by atoms with Gasteiger partial charge in [0.05, 0.1) is 26.3 Å². The maximum absolute atomic E-state index is 13.8. The third-order valence-corrected chi connectivity index (χ3v) is 9.97. The minimum Gasteiger partial charge on any atom is -0.870 e. The van der Waals surface area contributed by atoms with Gasteiger partial charge in [-0.2, -0.15) is 0 Å². The first-order valence-corrected chi connectivity index (χ1v) is 17.1. The van der Waals surface area contributed by atoms with Crippen LogP contribution in [0.25, 0.3) is 0 Å². The number of amides is 1. The van der Waals surface area contributed by atoms with Gasteiger partial charge >= 0.3 is 12.1 Å². The summed E-state index contributed by atoms with van der Waals surface area (Å²) in [5.41, 5.74) is 4.11. The molecule has 2 N–H and O–H groups in total. The molecule has 50 heavy (non-hydrogen) atoms. The summed E-state index contributed by atoms with van der Waals surface area (Å²) < 4.78 is 23.3. The number of H-pyrrole nitrogens is 1. The van der Waals surface area contributed by atoms with Gasteiger partial charge in [0.15, 0.2) is 23.9 Å². The van der Waals surface area contributed by atoms with Crippen LogP contribution in [-0.2, 0) is 22.4 Å². The Morgan fingerprint density at radius 2 is 1.66 bits per heavy atom. The van der Waals surface area contributed by atoms with Crippen molar-refractivity contribution in [2.75, 3.05) is 38.8 Å². The van der Waals surface area contributed by atoms with Crippen molar-refractivity contribution in [1.29, 1.82) is 0 Å². The van der Waals surface area contributed by atoms with E-state index in [0.29, 0.717) is 44.2 Å². The molecule has 0 radical (unpaired) electrons. The van der Waals surface area contributed by atoms with Crippen molar-refractivity contribution in [3.8, 4) is 11.5 Å². The predicted octanol–water partition coefficient (Wildman–Crippen LogP) is 7.33. The molecule has 3 aliphatic heterocycles. The lowest BCUT2D eigenvalue weighted by Gasteiger charge is -2.44. The molecule has 1 amide bonds. The molecule has 1 aromatic heterocycles. The molecule has 10 nitrogen and oxygen atoms in total. The summed E-state index contributed by atoms with van der Waals surface area (Å²) in [6.07, 6.45) is 4.23. The average Bonchev–Trinajstić information content (AvgIpc) is 3.12. The molecule has 3 saturated heterocycles. The highest BCUT2D eigenvalue weighted by molar-refractivity contribution is 6.35. The second-order valence-corrected chi connectivity index (χ2v) is 13.3. The lowest BCUT2D eigenvalue weighted by Crippen LogP contribution is -2.53. The topological polar surface area (TPSA) is 122 Å². The minimum atomic E-state index is -0.770. The van der Waals surface area contributed by atoms with E-state index in [2.05, 4.69) is 9.88 Å². The number of benzene rings is 3. The quantitative estimate of drug-likeness (QED) is 0.148. The highest BCUT2D eigenvalue weighted by Gasteiger charge is 2.37. The highest BCUT2D eigenvalue weighted by Crippen LogP contribution is 2.36. The highest BCUT2D eigenvalue weighted by atomic mass is 35.5. The Hall–Kier alpha value is -4.35. The number of carbonyl (C=O) groups is 2. The number of aryl methyl sites for hydroxylation is 1. The number of esters is 1. The summed E-state index contributed by atoms with van der Waals surface area (Å²) in [4.78, 5) is 34.5. The fraction of sp³-hybridized carbons (Fsp3) is 0.342. The van der Waals surface area contributed by atoms with Gasteiger partial charge in [-0.3, -0.25) is 9.80 Å². The number of carbonyl (C=O) groups excluding carboxylic acids is 2. The lowest BCUT2D eigenvalue weighted by molar-refractivity contribution is -0.377. The van der Waals surface area contributed by atoms with Gasteiger partial charge in [-0.1, -0.05) is 53.5 Å². The Labute approximate surface area is 302 Å². The van der Waals surface area contributed by atoms with Crippen molar-refractivity contribution in [1.82, 2.24) is 4.90 Å². The molecule has 0 spiro atoms. The van der Waals surface area contributed by atoms with E-state index in [1.165, 1.54) is 0 Å². The maximum Gasteiger partial charge on any atom is 0.414 e. The average molecular weight is 723 g/mol. The molecule has 0 aliphatic carbocycles. The number of rotatable bonds is 11. The fourth-order valence-electron chi connectivity index (χ4n) is 6.61. The van der Waals surface area contributed by atoms with Crippen molar-refractivity contribution in [2.45, 2.75) is 44.9 Å². The van der Waals surface area contributed by atoms with Crippen LogP contribution in [0.2, 0.25) is 10.0 Å². The molecule has 264 valence electrons. The molecule has 0 saturated carbocycles. The number of hydrogen-bond donors (Lipinski definition) is 0. The molecule has 12 heteroatoms. The van der Waals surface area contributed by atoms with Gasteiger partial charge < -0.3 is 24.4 Å². The molecule has 2 atom stereocenters. The Bertz CT molecular complexity index is 1790. The zero-order chi connectivity index (χ0) is 34.5. The predicted molar refractivity (Wildman–Crippen MR) is 190 cm³/mol. The lowest BCUT2D eigenvalue weighted by atomic mass is 9.86. The number of fused-ring (bicyclic) bond motifs is 3. The van der Waals surface area contributed by atoms with Gasteiger partial charge in [-0.05, 0) is 91.9 Å². The summed E-state index contributed by atoms with van der Waals surface area (Å²) in [7, 11) is 3.10. The molecular weight excluding hydrogens is 681 g/mol. The van der Waals surface area contributed by atoms with Gasteiger partial charge in [0, 0.05) is 24.2 Å². The van der Waals surface area contributed by atoms with Crippen molar-refractivity contribution in [3.63, 3.8) is 0 Å². The molecule has 4 heterocycles. The third kappa shape index (κ3) is 8.50. The van der Waals surface area contributed by atoms with E-state index < -0.39 is 18.2 Å². The Balaban J connectivity index is 0.00000486. The number of nitrogens with one attached hydrogen (secondary N) is 1. The maximum atomic E-state index is 13.8. The number of aromatic amines is 1. The van der Waals surface area contributed by atoms with Crippen LogP contribution in [0.5, 0.6) is 11.5 Å². The standard InChI is InChI=1S/C38H39Cl2N3O6.H2O/c1-24-6-4-9-29(16-24)43(38(45)49-36-23-42-14-12-26(36)13-15-42)22-25-7-5-8-28(17-25)37(44)48-34(19-30-31(39)20-41-21-32(30)40)27-10-11-33(46-2)35(18-27)47-3;/h4-11,16-18,20-21,26,34,36H,12-15,19,22-23H2,1-3H3;1H2/t34-,36-;/m0./s1. The second-order valence-electron chi connectivity index (χ2n) is 12.5. The number of anilines is 1. The second kappa shape index (κ2) is 16.6. The van der Waals surface area contributed by atoms with Crippen LogP contribution in [0, 0.1) is 12.8 Å². The third-order valence-electron chi connectivity index (χ3n) is 9.30. The largest absolute Gasteiger partial charge is 0.870 e.